The molecule has 1 atom stereocenters. The maximum Gasteiger partial charge on any atom is 0.0381 e. The molecule has 0 saturated heterocycles. The van der Waals surface area contributed by atoms with Gasteiger partial charge in [-0.05, 0) is 31.0 Å². The maximum atomic E-state index is 6.27. The Kier molecular flexibility index (Phi) is 4.14. The zero-order valence-electron chi connectivity index (χ0n) is 8.89. The molecular weight excluding hydrogens is 238 g/mol. The molecular formula is C12H18BrN. The molecule has 0 radical (unpaired) electrons. The van der Waals surface area contributed by atoms with Crippen LogP contribution < -0.4 is 5.73 Å². The molecule has 0 saturated carbocycles. The first-order valence-corrected chi connectivity index (χ1v) is 5.90. The summed E-state index contributed by atoms with van der Waals surface area (Å²) in [5, 5.41) is 0. The van der Waals surface area contributed by atoms with Gasteiger partial charge in [-0.2, -0.15) is 0 Å². The number of rotatable bonds is 4. The predicted octanol–water partition coefficient (Wildman–Crippen LogP) is 3.81. The van der Waals surface area contributed by atoms with E-state index in [1.54, 1.807) is 0 Å². The first kappa shape index (κ1) is 11.7. The Balaban J connectivity index is 2.80. The van der Waals surface area contributed by atoms with Gasteiger partial charge in [0.25, 0.3) is 0 Å². The Bertz CT molecular complexity index is 294. The summed E-state index contributed by atoms with van der Waals surface area (Å²) in [4.78, 5) is 0. The van der Waals surface area contributed by atoms with Gasteiger partial charge in [-0.25, -0.2) is 0 Å². The Hall–Kier alpha value is -0.340. The minimum absolute atomic E-state index is 0.195. The minimum Gasteiger partial charge on any atom is -0.322 e. The molecule has 0 spiro atoms. The van der Waals surface area contributed by atoms with Gasteiger partial charge < -0.3 is 5.73 Å². The molecule has 1 aromatic carbocycles. The molecule has 0 amide bonds. The van der Waals surface area contributed by atoms with E-state index in [0.29, 0.717) is 0 Å². The van der Waals surface area contributed by atoms with E-state index in [1.807, 2.05) is 12.1 Å². The normalized spacial score (nSPS) is 15.1. The van der Waals surface area contributed by atoms with Crippen molar-refractivity contribution in [2.45, 2.75) is 38.6 Å². The van der Waals surface area contributed by atoms with E-state index in [4.69, 9.17) is 5.73 Å². The van der Waals surface area contributed by atoms with E-state index in [0.717, 1.165) is 10.9 Å². The van der Waals surface area contributed by atoms with Gasteiger partial charge in [0.2, 0.25) is 0 Å². The standard InChI is InChI=1S/C12H18BrN/c1-3-4-8-12(2,14)10-6-5-7-11(13)9-10/h5-7,9H,3-4,8,14H2,1-2H3/t12-/m0/s1. The van der Waals surface area contributed by atoms with Crippen LogP contribution in [0, 0.1) is 0 Å². The van der Waals surface area contributed by atoms with Gasteiger partial charge in [-0.1, -0.05) is 47.8 Å². The monoisotopic (exact) mass is 255 g/mol. The zero-order chi connectivity index (χ0) is 10.6. The van der Waals surface area contributed by atoms with Crippen LogP contribution in [0.25, 0.3) is 0 Å². The highest BCUT2D eigenvalue weighted by Gasteiger charge is 2.19. The number of hydrogen-bond acceptors (Lipinski definition) is 1. The Morgan fingerprint density at radius 1 is 1.43 bits per heavy atom. The quantitative estimate of drug-likeness (QED) is 0.870. The van der Waals surface area contributed by atoms with E-state index in [2.05, 4.69) is 41.9 Å². The lowest BCUT2D eigenvalue weighted by Gasteiger charge is -2.25. The van der Waals surface area contributed by atoms with Crippen molar-refractivity contribution in [3.05, 3.63) is 34.3 Å². The van der Waals surface area contributed by atoms with Crippen molar-refractivity contribution in [2.75, 3.05) is 0 Å². The van der Waals surface area contributed by atoms with Crippen molar-refractivity contribution in [1.82, 2.24) is 0 Å². The molecule has 0 fully saturated rings. The van der Waals surface area contributed by atoms with Crippen LogP contribution in [0.5, 0.6) is 0 Å². The molecule has 1 nitrogen and oxygen atoms in total. The third kappa shape index (κ3) is 3.10. The van der Waals surface area contributed by atoms with Crippen LogP contribution in [-0.2, 0) is 5.54 Å². The highest BCUT2D eigenvalue weighted by molar-refractivity contribution is 9.10. The SMILES string of the molecule is CCCC[C@](C)(N)c1cccc(Br)c1. The number of benzene rings is 1. The van der Waals surface area contributed by atoms with Gasteiger partial charge in [0.05, 0.1) is 0 Å². The lowest BCUT2D eigenvalue weighted by Crippen LogP contribution is -2.32. The van der Waals surface area contributed by atoms with Crippen LogP contribution in [0.1, 0.15) is 38.7 Å². The van der Waals surface area contributed by atoms with E-state index in [9.17, 15) is 0 Å². The second kappa shape index (κ2) is 4.94. The van der Waals surface area contributed by atoms with Crippen LogP contribution in [0.15, 0.2) is 28.7 Å². The molecule has 14 heavy (non-hydrogen) atoms. The summed E-state index contributed by atoms with van der Waals surface area (Å²) in [7, 11) is 0. The number of halogens is 1. The Labute approximate surface area is 94.8 Å². The fraction of sp³-hybridized carbons (Fsp3) is 0.500. The summed E-state index contributed by atoms with van der Waals surface area (Å²) in [5.74, 6) is 0. The van der Waals surface area contributed by atoms with Crippen LogP contribution in [-0.4, -0.2) is 0 Å². The Morgan fingerprint density at radius 2 is 2.14 bits per heavy atom. The molecule has 1 aromatic rings. The number of hydrogen-bond donors (Lipinski definition) is 1. The number of nitrogens with two attached hydrogens (primary N) is 1. The molecule has 0 aliphatic carbocycles. The molecule has 0 heterocycles. The summed E-state index contributed by atoms with van der Waals surface area (Å²) < 4.78 is 1.10. The zero-order valence-corrected chi connectivity index (χ0v) is 10.5. The highest BCUT2D eigenvalue weighted by atomic mass is 79.9. The van der Waals surface area contributed by atoms with Crippen LogP contribution in [0.4, 0.5) is 0 Å². The van der Waals surface area contributed by atoms with Crippen molar-refractivity contribution in [3.63, 3.8) is 0 Å². The second-order valence-corrected chi connectivity index (χ2v) is 4.95. The first-order chi connectivity index (χ1) is 6.56. The van der Waals surface area contributed by atoms with Crippen LogP contribution in [0.2, 0.25) is 0 Å². The largest absolute Gasteiger partial charge is 0.322 e. The van der Waals surface area contributed by atoms with Gasteiger partial charge in [-0.15, -0.1) is 0 Å². The molecule has 2 N–H and O–H groups in total. The molecule has 0 aliphatic rings. The first-order valence-electron chi connectivity index (χ1n) is 5.11. The van der Waals surface area contributed by atoms with Crippen molar-refractivity contribution in [1.29, 1.82) is 0 Å². The third-order valence-electron chi connectivity index (χ3n) is 2.53. The van der Waals surface area contributed by atoms with Crippen molar-refractivity contribution >= 4 is 15.9 Å². The second-order valence-electron chi connectivity index (χ2n) is 4.03. The van der Waals surface area contributed by atoms with Gasteiger partial charge in [0.15, 0.2) is 0 Å². The molecule has 0 bridgehead atoms. The van der Waals surface area contributed by atoms with E-state index >= 15 is 0 Å². The average Bonchev–Trinajstić information content (AvgIpc) is 2.15. The van der Waals surface area contributed by atoms with Gasteiger partial charge in [-0.3, -0.25) is 0 Å². The fourth-order valence-corrected chi connectivity index (χ4v) is 1.93. The summed E-state index contributed by atoms with van der Waals surface area (Å²) in [6, 6.07) is 8.27. The third-order valence-corrected chi connectivity index (χ3v) is 3.03. The van der Waals surface area contributed by atoms with Crippen molar-refractivity contribution < 1.29 is 0 Å². The Morgan fingerprint density at radius 3 is 2.71 bits per heavy atom. The molecule has 0 unspecified atom stereocenters. The average molecular weight is 256 g/mol. The van der Waals surface area contributed by atoms with E-state index in [-0.39, 0.29) is 5.54 Å². The topological polar surface area (TPSA) is 26.0 Å². The van der Waals surface area contributed by atoms with Crippen LogP contribution >= 0.6 is 15.9 Å². The molecule has 0 aliphatic heterocycles. The fourth-order valence-electron chi connectivity index (χ4n) is 1.53. The summed E-state index contributed by atoms with van der Waals surface area (Å²) in [6.07, 6.45) is 3.42. The van der Waals surface area contributed by atoms with Crippen molar-refractivity contribution in [3.8, 4) is 0 Å². The van der Waals surface area contributed by atoms with E-state index in [1.165, 1.54) is 18.4 Å². The highest BCUT2D eigenvalue weighted by Crippen LogP contribution is 2.25. The molecule has 2 heteroatoms. The lowest BCUT2D eigenvalue weighted by molar-refractivity contribution is 0.433. The smallest absolute Gasteiger partial charge is 0.0381 e. The van der Waals surface area contributed by atoms with Gasteiger partial charge in [0.1, 0.15) is 0 Å². The summed E-state index contributed by atoms with van der Waals surface area (Å²) in [6.45, 7) is 4.29. The molecule has 1 rings (SSSR count). The number of unbranched alkanes of at least 4 members (excludes halogenated alkanes) is 1. The maximum absolute atomic E-state index is 6.27. The summed E-state index contributed by atoms with van der Waals surface area (Å²) in [5.41, 5.74) is 7.29. The molecule has 78 valence electrons. The lowest BCUT2D eigenvalue weighted by atomic mass is 9.88. The molecule has 0 aromatic heterocycles. The van der Waals surface area contributed by atoms with Gasteiger partial charge >= 0.3 is 0 Å². The van der Waals surface area contributed by atoms with Crippen molar-refractivity contribution in [2.24, 2.45) is 5.73 Å². The van der Waals surface area contributed by atoms with E-state index < -0.39 is 0 Å². The minimum atomic E-state index is -0.195. The van der Waals surface area contributed by atoms with Crippen LogP contribution in [0.3, 0.4) is 0 Å². The predicted molar refractivity (Wildman–Crippen MR) is 65.2 cm³/mol. The van der Waals surface area contributed by atoms with Gasteiger partial charge in [0, 0.05) is 10.0 Å². The summed E-state index contributed by atoms with van der Waals surface area (Å²) >= 11 is 3.47.